The van der Waals surface area contributed by atoms with Gasteiger partial charge in [0.2, 0.25) is 0 Å². The number of ether oxygens (including phenoxy) is 2. The highest BCUT2D eigenvalue weighted by Crippen LogP contribution is 2.33. The summed E-state index contributed by atoms with van der Waals surface area (Å²) in [5.41, 5.74) is 13.5. The standard InChI is InChI=1S/C22H20N4O5/c1-29-21(27)11-3-5-13(15(9-11)19(23)24)17-7-8-18(31-17)14-6-4-12(22(28)30-2)10-16(14)20(25)26/h3-10H,1-2H3,(H3,23,24)(H3,25,26). The van der Waals surface area contributed by atoms with Crippen molar-refractivity contribution < 1.29 is 23.5 Å². The normalized spacial score (nSPS) is 10.4. The third-order valence-corrected chi connectivity index (χ3v) is 4.60. The van der Waals surface area contributed by atoms with Gasteiger partial charge in [-0.3, -0.25) is 10.8 Å². The number of methoxy groups -OCH3 is 2. The Morgan fingerprint density at radius 3 is 1.45 bits per heavy atom. The summed E-state index contributed by atoms with van der Waals surface area (Å²) in [5.74, 6) is -0.806. The van der Waals surface area contributed by atoms with E-state index in [1.807, 2.05) is 0 Å². The highest BCUT2D eigenvalue weighted by atomic mass is 16.5. The first-order chi connectivity index (χ1) is 14.8. The molecule has 9 heteroatoms. The fourth-order valence-electron chi connectivity index (χ4n) is 3.08. The maximum absolute atomic E-state index is 11.8. The third-order valence-electron chi connectivity index (χ3n) is 4.60. The number of nitrogen functional groups attached to an aromatic ring is 2. The van der Waals surface area contributed by atoms with Gasteiger partial charge >= 0.3 is 11.9 Å². The van der Waals surface area contributed by atoms with Crippen LogP contribution in [0.5, 0.6) is 0 Å². The number of hydrogen-bond acceptors (Lipinski definition) is 7. The number of nitrogens with one attached hydrogen (secondary N) is 2. The van der Waals surface area contributed by atoms with E-state index in [1.165, 1.54) is 26.4 Å². The Hall–Kier alpha value is -4.40. The van der Waals surface area contributed by atoms with Crippen LogP contribution in [0.25, 0.3) is 22.6 Å². The van der Waals surface area contributed by atoms with Crippen molar-refractivity contribution in [3.63, 3.8) is 0 Å². The van der Waals surface area contributed by atoms with Crippen LogP contribution in [0.4, 0.5) is 0 Å². The highest BCUT2D eigenvalue weighted by Gasteiger charge is 2.19. The molecule has 0 saturated carbocycles. The van der Waals surface area contributed by atoms with Gasteiger partial charge in [0.05, 0.1) is 25.3 Å². The monoisotopic (exact) mass is 420 g/mol. The van der Waals surface area contributed by atoms with E-state index >= 15 is 0 Å². The molecule has 9 nitrogen and oxygen atoms in total. The van der Waals surface area contributed by atoms with Gasteiger partial charge in [-0.25, -0.2) is 9.59 Å². The molecular weight excluding hydrogens is 400 g/mol. The first-order valence-electron chi connectivity index (χ1n) is 9.01. The Morgan fingerprint density at radius 2 is 1.13 bits per heavy atom. The van der Waals surface area contributed by atoms with Crippen LogP contribution in [0.15, 0.2) is 52.9 Å². The van der Waals surface area contributed by atoms with E-state index in [0.717, 1.165) is 0 Å². The number of benzene rings is 2. The van der Waals surface area contributed by atoms with Gasteiger partial charge in [0.1, 0.15) is 23.2 Å². The molecule has 2 aromatic carbocycles. The topological polar surface area (TPSA) is 165 Å². The zero-order chi connectivity index (χ0) is 22.7. The van der Waals surface area contributed by atoms with Gasteiger partial charge in [-0.1, -0.05) is 0 Å². The van der Waals surface area contributed by atoms with Gasteiger partial charge in [-0.05, 0) is 48.5 Å². The number of rotatable bonds is 6. The minimum Gasteiger partial charge on any atom is -0.465 e. The van der Waals surface area contributed by atoms with Crippen LogP contribution in [0.1, 0.15) is 31.8 Å². The summed E-state index contributed by atoms with van der Waals surface area (Å²) in [6.07, 6.45) is 0. The summed E-state index contributed by atoms with van der Waals surface area (Å²) in [4.78, 5) is 23.6. The van der Waals surface area contributed by atoms with Crippen molar-refractivity contribution >= 4 is 23.6 Å². The third kappa shape index (κ3) is 4.15. The minimum absolute atomic E-state index is 0.245. The van der Waals surface area contributed by atoms with Gasteiger partial charge < -0.3 is 25.4 Å². The molecule has 0 aliphatic heterocycles. The Labute approximate surface area is 177 Å². The average Bonchev–Trinajstić information content (AvgIpc) is 3.26. The van der Waals surface area contributed by atoms with E-state index < -0.39 is 11.9 Å². The second-order valence-electron chi connectivity index (χ2n) is 6.50. The number of carbonyl (C=O) groups is 2. The van der Waals surface area contributed by atoms with Crippen LogP contribution in [-0.2, 0) is 9.47 Å². The van der Waals surface area contributed by atoms with E-state index in [4.69, 9.17) is 36.2 Å². The maximum Gasteiger partial charge on any atom is 0.337 e. The van der Waals surface area contributed by atoms with Crippen LogP contribution in [0.3, 0.4) is 0 Å². The zero-order valence-corrected chi connectivity index (χ0v) is 16.8. The number of amidine groups is 2. The molecule has 0 saturated heterocycles. The Morgan fingerprint density at radius 1 is 0.742 bits per heavy atom. The minimum atomic E-state index is -0.550. The van der Waals surface area contributed by atoms with Crippen molar-refractivity contribution in [1.29, 1.82) is 10.8 Å². The van der Waals surface area contributed by atoms with Gasteiger partial charge in [0.15, 0.2) is 0 Å². The SMILES string of the molecule is COC(=O)c1ccc(-c2ccc(-c3ccc(C(=O)OC)cc3C(=N)N)o2)c(C(=N)N)c1. The number of hydrogen-bond donors (Lipinski definition) is 4. The zero-order valence-electron chi connectivity index (χ0n) is 16.8. The fourth-order valence-corrected chi connectivity index (χ4v) is 3.08. The van der Waals surface area contributed by atoms with E-state index in [9.17, 15) is 9.59 Å². The van der Waals surface area contributed by atoms with Gasteiger partial charge in [-0.2, -0.15) is 0 Å². The molecule has 0 aliphatic carbocycles. The van der Waals surface area contributed by atoms with Crippen molar-refractivity contribution in [3.05, 3.63) is 70.8 Å². The lowest BCUT2D eigenvalue weighted by Crippen LogP contribution is -2.14. The summed E-state index contributed by atoms with van der Waals surface area (Å²) < 4.78 is 15.4. The summed E-state index contributed by atoms with van der Waals surface area (Å²) in [6, 6.07) is 12.6. The Kier molecular flexibility index (Phi) is 5.87. The van der Waals surface area contributed by atoms with Crippen LogP contribution >= 0.6 is 0 Å². The van der Waals surface area contributed by atoms with E-state index in [1.54, 1.807) is 36.4 Å². The Bertz CT molecular complexity index is 1120. The molecule has 0 atom stereocenters. The van der Waals surface area contributed by atoms with Crippen LogP contribution in [0.2, 0.25) is 0 Å². The molecular formula is C22H20N4O5. The lowest BCUT2D eigenvalue weighted by atomic mass is 10.0. The molecule has 0 aliphatic rings. The molecule has 0 bridgehead atoms. The number of carbonyl (C=O) groups excluding carboxylic acids is 2. The van der Waals surface area contributed by atoms with Gasteiger partial charge in [0, 0.05) is 22.3 Å². The van der Waals surface area contributed by atoms with Crippen molar-refractivity contribution in [3.8, 4) is 22.6 Å². The lowest BCUT2D eigenvalue weighted by Gasteiger charge is -2.10. The fraction of sp³-hybridized carbons (Fsp3) is 0.0909. The van der Waals surface area contributed by atoms with Crippen molar-refractivity contribution in [1.82, 2.24) is 0 Å². The van der Waals surface area contributed by atoms with Gasteiger partial charge in [-0.15, -0.1) is 0 Å². The first kappa shape index (κ1) is 21.3. The predicted molar refractivity (Wildman–Crippen MR) is 114 cm³/mol. The highest BCUT2D eigenvalue weighted by molar-refractivity contribution is 6.05. The number of esters is 2. The summed E-state index contributed by atoms with van der Waals surface area (Å²) in [7, 11) is 2.53. The molecule has 0 amide bonds. The van der Waals surface area contributed by atoms with Crippen LogP contribution in [-0.4, -0.2) is 37.8 Å². The number of nitrogens with two attached hydrogens (primary N) is 2. The molecule has 31 heavy (non-hydrogen) atoms. The molecule has 3 aromatic rings. The maximum atomic E-state index is 11.8. The average molecular weight is 420 g/mol. The van der Waals surface area contributed by atoms with Gasteiger partial charge in [0.25, 0.3) is 0 Å². The molecule has 1 heterocycles. The summed E-state index contributed by atoms with van der Waals surface area (Å²) >= 11 is 0. The molecule has 1 aromatic heterocycles. The second-order valence-corrected chi connectivity index (χ2v) is 6.50. The van der Waals surface area contributed by atoms with E-state index in [0.29, 0.717) is 33.8 Å². The van der Waals surface area contributed by atoms with Crippen molar-refractivity contribution in [2.24, 2.45) is 11.5 Å². The summed E-state index contributed by atoms with van der Waals surface area (Å²) in [6.45, 7) is 0. The molecule has 0 unspecified atom stereocenters. The Balaban J connectivity index is 2.08. The molecule has 0 spiro atoms. The smallest absolute Gasteiger partial charge is 0.337 e. The van der Waals surface area contributed by atoms with Crippen LogP contribution < -0.4 is 11.5 Å². The van der Waals surface area contributed by atoms with E-state index in [-0.39, 0.29) is 22.8 Å². The molecule has 0 radical (unpaired) electrons. The molecule has 0 fully saturated rings. The summed E-state index contributed by atoms with van der Waals surface area (Å²) in [5, 5.41) is 15.7. The van der Waals surface area contributed by atoms with E-state index in [2.05, 4.69) is 0 Å². The molecule has 3 rings (SSSR count). The number of furan rings is 1. The quantitative estimate of drug-likeness (QED) is 0.270. The first-order valence-corrected chi connectivity index (χ1v) is 9.01. The second kappa shape index (κ2) is 8.54. The van der Waals surface area contributed by atoms with Crippen molar-refractivity contribution in [2.75, 3.05) is 14.2 Å². The van der Waals surface area contributed by atoms with Crippen molar-refractivity contribution in [2.45, 2.75) is 0 Å². The lowest BCUT2D eigenvalue weighted by molar-refractivity contribution is 0.0592. The molecule has 6 N–H and O–H groups in total. The molecule has 158 valence electrons. The predicted octanol–water partition coefficient (Wildman–Crippen LogP) is 2.75. The largest absolute Gasteiger partial charge is 0.465 e. The van der Waals surface area contributed by atoms with Crippen LogP contribution in [0, 0.1) is 10.8 Å².